The summed E-state index contributed by atoms with van der Waals surface area (Å²) in [7, 11) is 1.39. The molecule has 0 spiro atoms. The van der Waals surface area contributed by atoms with Gasteiger partial charge in [-0.2, -0.15) is 26.3 Å². The third-order valence-corrected chi connectivity index (χ3v) is 7.69. The molecule has 1 aliphatic heterocycles. The molecule has 0 saturated carbocycles. The molecule has 14 heteroatoms. The summed E-state index contributed by atoms with van der Waals surface area (Å²) >= 11 is 3.31. The van der Waals surface area contributed by atoms with E-state index < -0.39 is 58.8 Å². The number of carboxylic acid groups (broad SMARTS) is 1. The number of benzene rings is 1. The number of amides is 2. The van der Waals surface area contributed by atoms with Crippen molar-refractivity contribution in [2.24, 2.45) is 0 Å². The molecule has 3 rings (SSSR count). The molecule has 2 amide bonds. The van der Waals surface area contributed by atoms with Crippen molar-refractivity contribution in [2.45, 2.75) is 69.9 Å². The van der Waals surface area contributed by atoms with E-state index in [4.69, 9.17) is 4.74 Å². The molecule has 7 nitrogen and oxygen atoms in total. The summed E-state index contributed by atoms with van der Waals surface area (Å²) in [6, 6.07) is 6.24. The minimum atomic E-state index is -5.27. The number of carbonyl (C=O) groups is 2. The summed E-state index contributed by atoms with van der Waals surface area (Å²) in [5.74, 6) is -1.50. The number of carbonyl (C=O) groups excluding carboxylic acids is 1. The summed E-state index contributed by atoms with van der Waals surface area (Å²) in [5.41, 5.74) is -3.67. The van der Waals surface area contributed by atoms with Crippen LogP contribution in [-0.4, -0.2) is 59.4 Å². The maximum Gasteiger partial charge on any atom is 0.418 e. The van der Waals surface area contributed by atoms with E-state index in [9.17, 15) is 41.0 Å². The lowest BCUT2D eigenvalue weighted by molar-refractivity contribution is -0.162. The second kappa shape index (κ2) is 13.5. The lowest BCUT2D eigenvalue weighted by Gasteiger charge is -2.35. The minimum absolute atomic E-state index is 0.115. The number of alkyl halides is 6. The van der Waals surface area contributed by atoms with E-state index in [-0.39, 0.29) is 58.3 Å². The van der Waals surface area contributed by atoms with Gasteiger partial charge in [-0.1, -0.05) is 28.1 Å². The molecule has 0 unspecified atom stereocenters. The van der Waals surface area contributed by atoms with Gasteiger partial charge in [-0.15, -0.1) is 0 Å². The third-order valence-electron chi connectivity index (χ3n) is 7.17. The Labute approximate surface area is 242 Å². The van der Waals surface area contributed by atoms with Gasteiger partial charge in [0.1, 0.15) is 0 Å². The minimum Gasteiger partial charge on any atom is -0.465 e. The zero-order valence-corrected chi connectivity index (χ0v) is 24.1. The Kier molecular flexibility index (Phi) is 10.8. The van der Waals surface area contributed by atoms with Gasteiger partial charge in [-0.05, 0) is 50.3 Å². The van der Waals surface area contributed by atoms with Gasteiger partial charge in [0.25, 0.3) is 0 Å². The lowest BCUT2D eigenvalue weighted by Crippen LogP contribution is -2.44. The molecule has 2 heterocycles. The average molecular weight is 656 g/mol. The number of ether oxygens (including phenoxy) is 1. The molecule has 1 saturated heterocycles. The van der Waals surface area contributed by atoms with E-state index in [0.29, 0.717) is 0 Å². The van der Waals surface area contributed by atoms with Crippen LogP contribution in [0.25, 0.3) is 0 Å². The van der Waals surface area contributed by atoms with Crippen molar-refractivity contribution in [3.63, 3.8) is 0 Å². The molecule has 2 N–H and O–H groups in total. The summed E-state index contributed by atoms with van der Waals surface area (Å²) < 4.78 is 91.6. The first-order chi connectivity index (χ1) is 19.1. The molecule has 0 aliphatic carbocycles. The summed E-state index contributed by atoms with van der Waals surface area (Å²) in [4.78, 5) is 26.0. The van der Waals surface area contributed by atoms with Crippen molar-refractivity contribution in [3.05, 3.63) is 56.8 Å². The van der Waals surface area contributed by atoms with Gasteiger partial charge in [0.2, 0.25) is 5.91 Å². The van der Waals surface area contributed by atoms with Crippen LogP contribution in [0.2, 0.25) is 0 Å². The first kappa shape index (κ1) is 32.8. The fourth-order valence-electron chi connectivity index (χ4n) is 5.49. The Morgan fingerprint density at radius 2 is 1.76 bits per heavy atom. The molecule has 0 bridgehead atoms. The number of rotatable bonds is 10. The average Bonchev–Trinajstić information content (AvgIpc) is 3.18. The Hall–Kier alpha value is -2.74. The van der Waals surface area contributed by atoms with Crippen LogP contribution >= 0.6 is 15.9 Å². The Morgan fingerprint density at radius 3 is 2.32 bits per heavy atom. The molecule has 1 aromatic heterocycles. The van der Waals surface area contributed by atoms with Crippen LogP contribution in [0.3, 0.4) is 0 Å². The standard InChI is InChI=1S/C27H32BrF6N3O4/c1-16-22(26(29,30)31)23(27(32,33)34)24(37(16)11-4-12-41-2)18-5-3-10-36(15-18)21(38)14-20(35-25(39)40)13-17-6-8-19(28)9-7-17/h6-9,18,20,35H,3-5,10-15H2,1-2H3,(H,39,40)/t18-,20-/m1/s1. The largest absolute Gasteiger partial charge is 0.465 e. The number of hydrogen-bond acceptors (Lipinski definition) is 3. The zero-order valence-electron chi connectivity index (χ0n) is 22.5. The van der Waals surface area contributed by atoms with Crippen LogP contribution in [0.5, 0.6) is 0 Å². The molecule has 2 aromatic rings. The number of likely N-dealkylation sites (tertiary alicyclic amines) is 1. The maximum atomic E-state index is 14.3. The van der Waals surface area contributed by atoms with Gasteiger partial charge < -0.3 is 24.6 Å². The lowest BCUT2D eigenvalue weighted by atomic mass is 9.90. The highest BCUT2D eigenvalue weighted by Crippen LogP contribution is 2.48. The maximum absolute atomic E-state index is 14.3. The number of aromatic nitrogens is 1. The van der Waals surface area contributed by atoms with E-state index in [0.717, 1.165) is 21.5 Å². The van der Waals surface area contributed by atoms with Crippen molar-refractivity contribution >= 4 is 27.9 Å². The molecule has 1 aliphatic rings. The van der Waals surface area contributed by atoms with Crippen molar-refractivity contribution < 1.29 is 45.8 Å². The van der Waals surface area contributed by atoms with Gasteiger partial charge in [-0.25, -0.2) is 4.79 Å². The number of nitrogens with zero attached hydrogens (tertiary/aromatic N) is 2. The first-order valence-corrected chi connectivity index (χ1v) is 13.8. The van der Waals surface area contributed by atoms with Crippen LogP contribution < -0.4 is 5.32 Å². The Balaban J connectivity index is 1.92. The Bertz CT molecular complexity index is 1210. The highest BCUT2D eigenvalue weighted by molar-refractivity contribution is 9.10. The van der Waals surface area contributed by atoms with Gasteiger partial charge in [-0.3, -0.25) is 4.79 Å². The molecular weight excluding hydrogens is 624 g/mol. The van der Waals surface area contributed by atoms with Crippen LogP contribution in [0, 0.1) is 6.92 Å². The quantitative estimate of drug-likeness (QED) is 0.223. The second-order valence-corrected chi connectivity index (χ2v) is 11.0. The SMILES string of the molecule is COCCCn1c(C)c(C(F)(F)F)c(C(F)(F)F)c1[C@@H]1CCCN(C(=O)C[C@@H](Cc2ccc(Br)cc2)NC(=O)O)C1. The van der Waals surface area contributed by atoms with Crippen molar-refractivity contribution in [1.82, 2.24) is 14.8 Å². The van der Waals surface area contributed by atoms with Crippen LogP contribution in [0.4, 0.5) is 31.1 Å². The molecule has 41 heavy (non-hydrogen) atoms. The van der Waals surface area contributed by atoms with E-state index in [1.165, 1.54) is 12.0 Å². The van der Waals surface area contributed by atoms with Crippen LogP contribution in [-0.2, 0) is 34.8 Å². The third kappa shape index (κ3) is 8.40. The smallest absolute Gasteiger partial charge is 0.418 e. The predicted molar refractivity (Wildman–Crippen MR) is 142 cm³/mol. The van der Waals surface area contributed by atoms with Gasteiger partial charge in [0.15, 0.2) is 0 Å². The van der Waals surface area contributed by atoms with Crippen molar-refractivity contribution in [1.29, 1.82) is 0 Å². The van der Waals surface area contributed by atoms with E-state index >= 15 is 0 Å². The first-order valence-electron chi connectivity index (χ1n) is 13.0. The fourth-order valence-corrected chi connectivity index (χ4v) is 5.76. The predicted octanol–water partition coefficient (Wildman–Crippen LogP) is 6.61. The summed E-state index contributed by atoms with van der Waals surface area (Å²) in [5, 5.41) is 11.6. The van der Waals surface area contributed by atoms with E-state index in [1.807, 2.05) is 0 Å². The van der Waals surface area contributed by atoms with E-state index in [1.54, 1.807) is 24.3 Å². The Morgan fingerprint density at radius 1 is 1.12 bits per heavy atom. The summed E-state index contributed by atoms with van der Waals surface area (Å²) in [6.45, 7) is 1.04. The number of hydrogen-bond donors (Lipinski definition) is 2. The van der Waals surface area contributed by atoms with Crippen LogP contribution in [0.15, 0.2) is 28.7 Å². The van der Waals surface area contributed by atoms with E-state index in [2.05, 4.69) is 21.2 Å². The zero-order chi connectivity index (χ0) is 30.5. The van der Waals surface area contributed by atoms with Crippen molar-refractivity contribution in [3.8, 4) is 0 Å². The van der Waals surface area contributed by atoms with Gasteiger partial charge >= 0.3 is 18.4 Å². The number of halogens is 7. The molecule has 1 aromatic carbocycles. The normalized spacial score (nSPS) is 17.0. The number of nitrogens with one attached hydrogen (secondary N) is 1. The summed E-state index contributed by atoms with van der Waals surface area (Å²) in [6.07, 6.45) is -11.3. The van der Waals surface area contributed by atoms with Crippen molar-refractivity contribution in [2.75, 3.05) is 26.8 Å². The van der Waals surface area contributed by atoms with Gasteiger partial charge in [0, 0.05) is 67.6 Å². The highest BCUT2D eigenvalue weighted by atomic mass is 79.9. The molecule has 228 valence electrons. The molecule has 1 fully saturated rings. The topological polar surface area (TPSA) is 83.8 Å². The second-order valence-electron chi connectivity index (χ2n) is 10.1. The molecular formula is C27H32BrF6N3O4. The van der Waals surface area contributed by atoms with Crippen LogP contribution in [0.1, 0.15) is 59.7 Å². The number of piperidine rings is 1. The van der Waals surface area contributed by atoms with Gasteiger partial charge in [0.05, 0.1) is 11.1 Å². The highest BCUT2D eigenvalue weighted by Gasteiger charge is 2.50. The number of methoxy groups -OCH3 is 1. The monoisotopic (exact) mass is 655 g/mol. The molecule has 0 radical (unpaired) electrons. The molecule has 2 atom stereocenters. The fraction of sp³-hybridized carbons (Fsp3) is 0.556.